The van der Waals surface area contributed by atoms with E-state index in [1.165, 1.54) is 18.9 Å². The predicted molar refractivity (Wildman–Crippen MR) is 125 cm³/mol. The number of anilines is 2. The number of halogens is 1. The fourth-order valence-corrected chi connectivity index (χ4v) is 3.82. The normalized spacial score (nSPS) is 14.7. The molecule has 2 heterocycles. The maximum atomic E-state index is 13.5. The fraction of sp³-hybridized carbons (Fsp3) is 0.217. The molecule has 11 heteroatoms. The Labute approximate surface area is 200 Å². The van der Waals surface area contributed by atoms with Gasteiger partial charge >= 0.3 is 5.97 Å². The minimum Gasteiger partial charge on any atom is -0.497 e. The summed E-state index contributed by atoms with van der Waals surface area (Å²) >= 11 is 5.97. The molecule has 0 bridgehead atoms. The van der Waals surface area contributed by atoms with Crippen LogP contribution >= 0.6 is 11.6 Å². The average molecular weight is 484 g/mol. The first-order valence-corrected chi connectivity index (χ1v) is 10.6. The van der Waals surface area contributed by atoms with E-state index < -0.39 is 12.0 Å². The molecule has 0 spiro atoms. The third kappa shape index (κ3) is 4.27. The number of nitrogens with one attached hydrogen (secondary N) is 2. The third-order valence-corrected chi connectivity index (χ3v) is 5.55. The molecule has 1 aliphatic rings. The fourth-order valence-electron chi connectivity index (χ4n) is 3.70. The number of amides is 1. The Balaban J connectivity index is 1.87. The number of ether oxygens (including phenoxy) is 3. The van der Waals surface area contributed by atoms with E-state index in [0.717, 1.165) is 0 Å². The maximum absolute atomic E-state index is 13.5. The number of benzene rings is 2. The minimum atomic E-state index is -0.792. The van der Waals surface area contributed by atoms with Gasteiger partial charge in [0.05, 0.1) is 26.9 Å². The van der Waals surface area contributed by atoms with Crippen LogP contribution in [0.3, 0.4) is 0 Å². The van der Waals surface area contributed by atoms with E-state index in [9.17, 15) is 9.59 Å². The van der Waals surface area contributed by atoms with Crippen molar-refractivity contribution >= 4 is 35.1 Å². The van der Waals surface area contributed by atoms with E-state index >= 15 is 0 Å². The van der Waals surface area contributed by atoms with Gasteiger partial charge in [-0.15, -0.1) is 5.10 Å². The molecule has 10 nitrogen and oxygen atoms in total. The number of hydrogen-bond donors (Lipinski definition) is 2. The molecule has 2 N–H and O–H groups in total. The van der Waals surface area contributed by atoms with Crippen molar-refractivity contribution in [1.29, 1.82) is 0 Å². The maximum Gasteiger partial charge on any atom is 0.378 e. The molecule has 2 aromatic carbocycles. The molecule has 0 fully saturated rings. The van der Waals surface area contributed by atoms with Crippen molar-refractivity contribution < 1.29 is 23.8 Å². The molecule has 1 aromatic heterocycles. The number of hydrogen-bond acceptors (Lipinski definition) is 8. The molecular formula is C23H22ClN5O5. The lowest BCUT2D eigenvalue weighted by atomic mass is 9.94. The second kappa shape index (κ2) is 9.44. The highest BCUT2D eigenvalue weighted by molar-refractivity contribution is 6.30. The first-order valence-electron chi connectivity index (χ1n) is 10.2. The van der Waals surface area contributed by atoms with Crippen LogP contribution in [0.4, 0.5) is 11.6 Å². The molecule has 0 saturated carbocycles. The van der Waals surface area contributed by atoms with Crippen molar-refractivity contribution in [2.75, 3.05) is 32.0 Å². The first kappa shape index (κ1) is 23.1. The Morgan fingerprint density at radius 1 is 1.09 bits per heavy atom. The summed E-state index contributed by atoms with van der Waals surface area (Å²) in [5.74, 6) is 0.0883. The SMILES string of the molecule is COC(=O)c1nc2n(n1)[C@H](c1cc(OC)ccc1OC)C(C(=O)Nc1ccc(Cl)cc1)=C(C)N2. The van der Waals surface area contributed by atoms with Crippen LogP contribution in [0.15, 0.2) is 53.7 Å². The quantitative estimate of drug-likeness (QED) is 0.510. The molecule has 1 aliphatic heterocycles. The Kier molecular flexibility index (Phi) is 6.42. The summed E-state index contributed by atoms with van der Waals surface area (Å²) in [5, 5.41) is 10.8. The van der Waals surface area contributed by atoms with Crippen molar-refractivity contribution in [3.63, 3.8) is 0 Å². The molecule has 3 aromatic rings. The van der Waals surface area contributed by atoms with E-state index in [4.69, 9.17) is 25.8 Å². The van der Waals surface area contributed by atoms with Crippen LogP contribution in [0.1, 0.15) is 29.1 Å². The van der Waals surface area contributed by atoms with Crippen LogP contribution in [0, 0.1) is 0 Å². The Morgan fingerprint density at radius 2 is 1.82 bits per heavy atom. The smallest absolute Gasteiger partial charge is 0.378 e. The number of carbonyl (C=O) groups is 2. The molecule has 0 aliphatic carbocycles. The zero-order valence-corrected chi connectivity index (χ0v) is 19.6. The number of esters is 1. The monoisotopic (exact) mass is 483 g/mol. The summed E-state index contributed by atoms with van der Waals surface area (Å²) < 4.78 is 17.2. The molecule has 0 radical (unpaired) electrons. The van der Waals surface area contributed by atoms with Crippen LogP contribution in [0.5, 0.6) is 11.5 Å². The van der Waals surface area contributed by atoms with Gasteiger partial charge in [-0.2, -0.15) is 4.98 Å². The summed E-state index contributed by atoms with van der Waals surface area (Å²) in [6.45, 7) is 1.74. The van der Waals surface area contributed by atoms with Crippen LogP contribution in [0.25, 0.3) is 0 Å². The van der Waals surface area contributed by atoms with Gasteiger partial charge in [0, 0.05) is 22.0 Å². The van der Waals surface area contributed by atoms with Crippen LogP contribution in [0.2, 0.25) is 5.02 Å². The molecular weight excluding hydrogens is 462 g/mol. The van der Waals surface area contributed by atoms with Gasteiger partial charge in [-0.25, -0.2) is 9.48 Å². The largest absolute Gasteiger partial charge is 0.497 e. The van der Waals surface area contributed by atoms with Crippen molar-refractivity contribution in [3.05, 3.63) is 70.1 Å². The second-order valence-electron chi connectivity index (χ2n) is 7.33. The Morgan fingerprint density at radius 3 is 2.47 bits per heavy atom. The zero-order valence-electron chi connectivity index (χ0n) is 18.9. The highest BCUT2D eigenvalue weighted by Gasteiger charge is 2.37. The van der Waals surface area contributed by atoms with Gasteiger partial charge in [0.25, 0.3) is 11.7 Å². The van der Waals surface area contributed by atoms with Crippen LogP contribution < -0.4 is 20.1 Å². The number of rotatable bonds is 6. The first-order chi connectivity index (χ1) is 16.4. The van der Waals surface area contributed by atoms with Gasteiger partial charge in [0.2, 0.25) is 5.95 Å². The summed E-state index contributed by atoms with van der Waals surface area (Å²) in [6.07, 6.45) is 0. The third-order valence-electron chi connectivity index (χ3n) is 5.30. The summed E-state index contributed by atoms with van der Waals surface area (Å²) in [5.41, 5.74) is 2.02. The van der Waals surface area contributed by atoms with E-state index in [0.29, 0.717) is 39.0 Å². The van der Waals surface area contributed by atoms with E-state index in [2.05, 4.69) is 20.7 Å². The molecule has 4 rings (SSSR count). The number of fused-ring (bicyclic) bond motifs is 1. The standard InChI is InChI=1S/C23H22ClN5O5/c1-12-18(21(30)26-14-7-5-13(24)6-8-14)19(16-11-15(32-2)9-10-17(16)33-3)29-23(25-12)27-20(28-29)22(31)34-4/h5-11,19H,1-4H3,(H,26,30)(H,25,27,28)/t19-/m1/s1. The van der Waals surface area contributed by atoms with Crippen molar-refractivity contribution in [2.24, 2.45) is 0 Å². The number of methoxy groups -OCH3 is 3. The van der Waals surface area contributed by atoms with Crippen molar-refractivity contribution in [2.45, 2.75) is 13.0 Å². The molecule has 1 atom stereocenters. The molecule has 176 valence electrons. The predicted octanol–water partition coefficient (Wildman–Crippen LogP) is 3.66. The number of nitrogens with zero attached hydrogens (tertiary/aromatic N) is 3. The van der Waals surface area contributed by atoms with E-state index in [1.54, 1.807) is 56.5 Å². The molecule has 1 amide bonds. The topological polar surface area (TPSA) is 117 Å². The number of aromatic nitrogens is 3. The van der Waals surface area contributed by atoms with Gasteiger partial charge < -0.3 is 24.8 Å². The van der Waals surface area contributed by atoms with Crippen molar-refractivity contribution in [3.8, 4) is 11.5 Å². The van der Waals surface area contributed by atoms with Crippen LogP contribution in [-0.4, -0.2) is 48.0 Å². The highest BCUT2D eigenvalue weighted by Crippen LogP contribution is 2.41. The highest BCUT2D eigenvalue weighted by atomic mass is 35.5. The lowest BCUT2D eigenvalue weighted by Gasteiger charge is -2.29. The van der Waals surface area contributed by atoms with Gasteiger partial charge in [-0.1, -0.05) is 11.6 Å². The van der Waals surface area contributed by atoms with Gasteiger partial charge in [-0.3, -0.25) is 4.79 Å². The summed E-state index contributed by atoms with van der Waals surface area (Å²) in [4.78, 5) is 29.9. The van der Waals surface area contributed by atoms with E-state index in [1.807, 2.05) is 0 Å². The summed E-state index contributed by atoms with van der Waals surface area (Å²) in [6, 6.07) is 11.2. The second-order valence-corrected chi connectivity index (χ2v) is 7.77. The lowest BCUT2D eigenvalue weighted by molar-refractivity contribution is -0.113. The molecule has 34 heavy (non-hydrogen) atoms. The lowest BCUT2D eigenvalue weighted by Crippen LogP contribution is -2.31. The minimum absolute atomic E-state index is 0.149. The average Bonchev–Trinajstić information content (AvgIpc) is 3.27. The Hall–Kier alpha value is -4.05. The van der Waals surface area contributed by atoms with Gasteiger partial charge in [0.15, 0.2) is 0 Å². The summed E-state index contributed by atoms with van der Waals surface area (Å²) in [7, 11) is 4.31. The van der Waals surface area contributed by atoms with Crippen LogP contribution in [-0.2, 0) is 9.53 Å². The van der Waals surface area contributed by atoms with Gasteiger partial charge in [-0.05, 0) is 49.4 Å². The zero-order chi connectivity index (χ0) is 24.4. The van der Waals surface area contributed by atoms with Gasteiger partial charge in [0.1, 0.15) is 17.5 Å². The van der Waals surface area contributed by atoms with E-state index in [-0.39, 0.29) is 17.7 Å². The number of allylic oxidation sites excluding steroid dienone is 1. The number of carbonyl (C=O) groups excluding carboxylic acids is 2. The molecule has 0 unspecified atom stereocenters. The Bertz CT molecular complexity index is 1290. The molecule has 0 saturated heterocycles. The van der Waals surface area contributed by atoms with Crippen molar-refractivity contribution in [1.82, 2.24) is 14.8 Å².